The van der Waals surface area contributed by atoms with Crippen LogP contribution in [0.1, 0.15) is 52.7 Å². The predicted octanol–water partition coefficient (Wildman–Crippen LogP) is 3.61. The summed E-state index contributed by atoms with van der Waals surface area (Å²) >= 11 is 1.53. The lowest BCUT2D eigenvalue weighted by Gasteiger charge is -2.16. The van der Waals surface area contributed by atoms with Crippen molar-refractivity contribution in [3.63, 3.8) is 0 Å². The number of nitrogens with one attached hydrogen (secondary N) is 1. The molecule has 0 saturated carbocycles. The highest BCUT2D eigenvalue weighted by molar-refractivity contribution is 7.89. The Labute approximate surface area is 170 Å². The third-order valence-corrected chi connectivity index (χ3v) is 8.49. The SMILES string of the molecule is Cc1ccc(S(=O)(=O)N2CCCC2)cc1C(=O)Nc1nc2c(s1)CC(C)CC2. The zero-order valence-electron chi connectivity index (χ0n) is 16.2. The number of amides is 1. The quantitative estimate of drug-likeness (QED) is 0.821. The second-order valence-electron chi connectivity index (χ2n) is 7.78. The van der Waals surface area contributed by atoms with Gasteiger partial charge in [0.25, 0.3) is 5.91 Å². The molecule has 0 spiro atoms. The molecule has 1 saturated heterocycles. The maximum Gasteiger partial charge on any atom is 0.257 e. The Morgan fingerprint density at radius 2 is 2.04 bits per heavy atom. The van der Waals surface area contributed by atoms with Gasteiger partial charge < -0.3 is 0 Å². The third kappa shape index (κ3) is 3.73. The van der Waals surface area contributed by atoms with Crippen molar-refractivity contribution in [3.05, 3.63) is 39.9 Å². The van der Waals surface area contributed by atoms with Gasteiger partial charge in [0.05, 0.1) is 10.6 Å². The highest BCUT2D eigenvalue weighted by Crippen LogP contribution is 2.32. The number of aryl methyl sites for hydroxylation is 2. The first-order valence-electron chi connectivity index (χ1n) is 9.75. The molecule has 28 heavy (non-hydrogen) atoms. The first kappa shape index (κ1) is 19.5. The lowest BCUT2D eigenvalue weighted by molar-refractivity contribution is 0.102. The van der Waals surface area contributed by atoms with Crippen LogP contribution in [0.2, 0.25) is 0 Å². The molecule has 1 atom stereocenters. The molecule has 1 fully saturated rings. The zero-order valence-corrected chi connectivity index (χ0v) is 17.8. The third-order valence-electron chi connectivity index (χ3n) is 5.56. The highest BCUT2D eigenvalue weighted by Gasteiger charge is 2.28. The molecule has 2 aliphatic rings. The van der Waals surface area contributed by atoms with Crippen molar-refractivity contribution in [3.8, 4) is 0 Å². The minimum atomic E-state index is -3.55. The van der Waals surface area contributed by atoms with Gasteiger partial charge in [0.2, 0.25) is 10.0 Å². The van der Waals surface area contributed by atoms with Crippen LogP contribution >= 0.6 is 11.3 Å². The van der Waals surface area contributed by atoms with Gasteiger partial charge in [-0.2, -0.15) is 4.31 Å². The predicted molar refractivity (Wildman–Crippen MR) is 110 cm³/mol. The second-order valence-corrected chi connectivity index (χ2v) is 10.8. The summed E-state index contributed by atoms with van der Waals surface area (Å²) in [5.41, 5.74) is 2.20. The van der Waals surface area contributed by atoms with E-state index in [0.29, 0.717) is 29.7 Å². The van der Waals surface area contributed by atoms with Gasteiger partial charge in [-0.05, 0) is 62.6 Å². The summed E-state index contributed by atoms with van der Waals surface area (Å²) in [6.07, 6.45) is 4.84. The Morgan fingerprint density at radius 1 is 1.29 bits per heavy atom. The summed E-state index contributed by atoms with van der Waals surface area (Å²) < 4.78 is 27.1. The van der Waals surface area contributed by atoms with Crippen LogP contribution in [0, 0.1) is 12.8 Å². The molecule has 1 N–H and O–H groups in total. The summed E-state index contributed by atoms with van der Waals surface area (Å²) in [7, 11) is -3.55. The molecule has 1 aromatic carbocycles. The number of aromatic nitrogens is 1. The molecule has 1 aromatic heterocycles. The van der Waals surface area contributed by atoms with Crippen LogP contribution in [0.15, 0.2) is 23.1 Å². The van der Waals surface area contributed by atoms with Gasteiger partial charge in [0.15, 0.2) is 5.13 Å². The molecule has 2 heterocycles. The molecule has 150 valence electrons. The van der Waals surface area contributed by atoms with E-state index in [0.717, 1.165) is 43.4 Å². The Bertz CT molecular complexity index is 1010. The normalized spacial score (nSPS) is 20.1. The van der Waals surface area contributed by atoms with Gasteiger partial charge in [-0.25, -0.2) is 13.4 Å². The van der Waals surface area contributed by atoms with E-state index >= 15 is 0 Å². The lowest BCUT2D eigenvalue weighted by atomic mass is 9.93. The lowest BCUT2D eigenvalue weighted by Crippen LogP contribution is -2.28. The number of carbonyl (C=O) groups excluding carboxylic acids is 1. The maximum absolute atomic E-state index is 12.9. The smallest absolute Gasteiger partial charge is 0.257 e. The fourth-order valence-electron chi connectivity index (χ4n) is 3.84. The minimum Gasteiger partial charge on any atom is -0.298 e. The van der Waals surface area contributed by atoms with E-state index in [1.165, 1.54) is 26.6 Å². The van der Waals surface area contributed by atoms with Crippen molar-refractivity contribution in [2.24, 2.45) is 5.92 Å². The van der Waals surface area contributed by atoms with E-state index < -0.39 is 10.0 Å². The van der Waals surface area contributed by atoms with E-state index in [1.54, 1.807) is 12.1 Å². The van der Waals surface area contributed by atoms with Crippen molar-refractivity contribution in [1.82, 2.24) is 9.29 Å². The Kier molecular flexibility index (Phi) is 5.28. The number of hydrogen-bond acceptors (Lipinski definition) is 5. The molecular weight excluding hydrogens is 394 g/mol. The van der Waals surface area contributed by atoms with Crippen molar-refractivity contribution >= 4 is 32.4 Å². The van der Waals surface area contributed by atoms with E-state index in [9.17, 15) is 13.2 Å². The molecule has 8 heteroatoms. The molecule has 1 amide bonds. The Morgan fingerprint density at radius 3 is 2.79 bits per heavy atom. The Hall–Kier alpha value is -1.77. The van der Waals surface area contributed by atoms with Gasteiger partial charge in [0.1, 0.15) is 0 Å². The van der Waals surface area contributed by atoms with E-state index in [-0.39, 0.29) is 10.8 Å². The van der Waals surface area contributed by atoms with Crippen LogP contribution in [-0.2, 0) is 22.9 Å². The number of fused-ring (bicyclic) bond motifs is 1. The second kappa shape index (κ2) is 7.57. The molecule has 0 radical (unpaired) electrons. The summed E-state index contributed by atoms with van der Waals surface area (Å²) in [5.74, 6) is 0.335. The van der Waals surface area contributed by atoms with Crippen LogP contribution in [0.25, 0.3) is 0 Å². The highest BCUT2D eigenvalue weighted by atomic mass is 32.2. The van der Waals surface area contributed by atoms with Crippen LogP contribution in [-0.4, -0.2) is 36.7 Å². The number of nitrogens with zero attached hydrogens (tertiary/aromatic N) is 2. The summed E-state index contributed by atoms with van der Waals surface area (Å²) in [4.78, 5) is 18.9. The van der Waals surface area contributed by atoms with Crippen LogP contribution < -0.4 is 5.32 Å². The van der Waals surface area contributed by atoms with Crippen LogP contribution in [0.5, 0.6) is 0 Å². The molecular formula is C20H25N3O3S2. The minimum absolute atomic E-state index is 0.178. The molecule has 6 nitrogen and oxygen atoms in total. The summed E-state index contributed by atoms with van der Waals surface area (Å²) in [6, 6.07) is 4.78. The molecule has 1 aliphatic heterocycles. The number of hydrogen-bond donors (Lipinski definition) is 1. The number of rotatable bonds is 4. The number of benzene rings is 1. The number of thiazole rings is 1. The maximum atomic E-state index is 12.9. The van der Waals surface area contributed by atoms with Gasteiger partial charge in [-0.1, -0.05) is 13.0 Å². The van der Waals surface area contributed by atoms with E-state index in [1.807, 2.05) is 6.92 Å². The zero-order chi connectivity index (χ0) is 19.9. The van der Waals surface area contributed by atoms with Crippen molar-refractivity contribution in [2.45, 2.75) is 50.8 Å². The first-order valence-corrected chi connectivity index (χ1v) is 12.0. The number of sulfonamides is 1. The fraction of sp³-hybridized carbons (Fsp3) is 0.500. The first-order chi connectivity index (χ1) is 13.3. The Balaban J connectivity index is 1.58. The molecule has 0 bridgehead atoms. The standard InChI is InChI=1S/C20H25N3O3S2/c1-13-5-8-17-18(11-13)27-20(21-17)22-19(24)16-12-15(7-6-14(16)2)28(25,26)23-9-3-4-10-23/h6-7,12-13H,3-5,8-11H2,1-2H3,(H,21,22,24). The topological polar surface area (TPSA) is 79.4 Å². The van der Waals surface area contributed by atoms with Crippen LogP contribution in [0.3, 0.4) is 0 Å². The van der Waals surface area contributed by atoms with Gasteiger partial charge in [-0.3, -0.25) is 10.1 Å². The largest absolute Gasteiger partial charge is 0.298 e. The van der Waals surface area contributed by atoms with Gasteiger partial charge >= 0.3 is 0 Å². The molecule has 2 aromatic rings. The molecule has 1 unspecified atom stereocenters. The van der Waals surface area contributed by atoms with E-state index in [4.69, 9.17) is 0 Å². The average Bonchev–Trinajstić information content (AvgIpc) is 3.31. The summed E-state index contributed by atoms with van der Waals surface area (Å²) in [5, 5.41) is 3.47. The number of carbonyl (C=O) groups is 1. The monoisotopic (exact) mass is 419 g/mol. The van der Waals surface area contributed by atoms with Crippen molar-refractivity contribution in [1.29, 1.82) is 0 Å². The van der Waals surface area contributed by atoms with Crippen LogP contribution in [0.4, 0.5) is 5.13 Å². The molecule has 1 aliphatic carbocycles. The van der Waals surface area contributed by atoms with Crippen molar-refractivity contribution in [2.75, 3.05) is 18.4 Å². The van der Waals surface area contributed by atoms with Crippen molar-refractivity contribution < 1.29 is 13.2 Å². The number of anilines is 1. The average molecular weight is 420 g/mol. The molecule has 4 rings (SSSR count). The fourth-order valence-corrected chi connectivity index (χ4v) is 6.55. The van der Waals surface area contributed by atoms with Gasteiger partial charge in [-0.15, -0.1) is 11.3 Å². The van der Waals surface area contributed by atoms with E-state index in [2.05, 4.69) is 17.2 Å². The summed E-state index contributed by atoms with van der Waals surface area (Å²) in [6.45, 7) is 5.13. The van der Waals surface area contributed by atoms with Gasteiger partial charge in [0, 0.05) is 23.5 Å².